The van der Waals surface area contributed by atoms with Crippen molar-refractivity contribution < 1.29 is 19.6 Å². The second-order valence-electron chi connectivity index (χ2n) is 8.04. The monoisotopic (exact) mass is 413 g/mol. The van der Waals surface area contributed by atoms with Gasteiger partial charge in [0.2, 0.25) is 6.04 Å². The summed E-state index contributed by atoms with van der Waals surface area (Å²) in [6.45, 7) is 4.07. The fourth-order valence-electron chi connectivity index (χ4n) is 4.55. The Kier molecular flexibility index (Phi) is 6.79. The molecule has 0 amide bonds. The minimum absolute atomic E-state index is 0.107. The first-order valence-electron chi connectivity index (χ1n) is 9.96. The molecular formula is C22H27N3O5. The number of hydrogen-bond donors (Lipinski definition) is 1. The fraction of sp³-hybridized carbons (Fsp3) is 0.455. The number of nitrogens with zero attached hydrogens (tertiary/aromatic N) is 3. The van der Waals surface area contributed by atoms with Gasteiger partial charge in [-0.05, 0) is 30.2 Å². The van der Waals surface area contributed by atoms with Crippen LogP contribution in [0.2, 0.25) is 0 Å². The molecule has 1 aliphatic heterocycles. The van der Waals surface area contributed by atoms with Crippen LogP contribution >= 0.6 is 0 Å². The van der Waals surface area contributed by atoms with Gasteiger partial charge in [0, 0.05) is 17.3 Å². The van der Waals surface area contributed by atoms with Crippen molar-refractivity contribution in [2.24, 2.45) is 11.8 Å². The Hall–Kier alpha value is -2.84. The number of hydrogen-bond acceptors (Lipinski definition) is 6. The molecule has 0 unspecified atom stereocenters. The van der Waals surface area contributed by atoms with E-state index < -0.39 is 36.1 Å². The Morgan fingerprint density at radius 2 is 1.97 bits per heavy atom. The minimum Gasteiger partial charge on any atom is -0.480 e. The van der Waals surface area contributed by atoms with Gasteiger partial charge in [0.25, 0.3) is 0 Å². The summed E-state index contributed by atoms with van der Waals surface area (Å²) in [5.74, 6) is -2.02. The number of carbonyl (C=O) groups is 1. The number of carboxylic acids is 1. The van der Waals surface area contributed by atoms with E-state index >= 15 is 0 Å². The first-order chi connectivity index (χ1) is 14.3. The average Bonchev–Trinajstić information content (AvgIpc) is 3.02. The molecule has 5 atom stereocenters. The summed E-state index contributed by atoms with van der Waals surface area (Å²) in [7, 11) is 1.63. The lowest BCUT2D eigenvalue weighted by molar-refractivity contribution is -0.536. The number of likely N-dealkylation sites (N-methyl/N-ethyl adjacent to an activating group) is 1. The molecule has 0 aliphatic carbocycles. The number of rotatable bonds is 8. The lowest BCUT2D eigenvalue weighted by Crippen LogP contribution is -2.47. The highest BCUT2D eigenvalue weighted by atomic mass is 16.6. The molecule has 2 aromatic rings. The van der Waals surface area contributed by atoms with Gasteiger partial charge in [-0.15, -0.1) is 0 Å². The number of pyridine rings is 1. The van der Waals surface area contributed by atoms with Crippen LogP contribution in [-0.2, 0) is 16.1 Å². The zero-order chi connectivity index (χ0) is 21.8. The van der Waals surface area contributed by atoms with E-state index in [1.54, 1.807) is 36.5 Å². The normalized spacial score (nSPS) is 25.3. The summed E-state index contributed by atoms with van der Waals surface area (Å²) >= 11 is 0. The predicted octanol–water partition coefficient (Wildman–Crippen LogP) is 3.02. The molecular weight excluding hydrogens is 386 g/mol. The highest BCUT2D eigenvalue weighted by Gasteiger charge is 2.60. The van der Waals surface area contributed by atoms with Crippen molar-refractivity contribution in [3.05, 3.63) is 76.1 Å². The van der Waals surface area contributed by atoms with Gasteiger partial charge in [-0.1, -0.05) is 50.2 Å². The first kappa shape index (κ1) is 21.9. The second kappa shape index (κ2) is 9.32. The minimum atomic E-state index is -1.14. The Morgan fingerprint density at radius 1 is 1.27 bits per heavy atom. The van der Waals surface area contributed by atoms with Gasteiger partial charge in [-0.2, -0.15) is 0 Å². The number of benzene rings is 1. The van der Waals surface area contributed by atoms with E-state index in [1.807, 2.05) is 44.2 Å². The number of nitro groups is 1. The van der Waals surface area contributed by atoms with Crippen molar-refractivity contribution in [1.82, 2.24) is 9.88 Å². The standard InChI is InChI=1S/C22H27N3O5/c1-14(2)21(30-13-15-8-5-4-6-9-15)17-19(25(28)29)18(16-10-7-11-23-12-16)24(3)20(17)22(26)27/h4-12,14,17-21H,13H2,1-3H3,(H,26,27)/t17-,18-,19-,20-,21-/m0/s1. The Bertz CT molecular complexity index is 862. The van der Waals surface area contributed by atoms with Crippen LogP contribution in [0.25, 0.3) is 0 Å². The molecule has 1 fully saturated rings. The van der Waals surface area contributed by atoms with Crippen molar-refractivity contribution in [3.63, 3.8) is 0 Å². The van der Waals surface area contributed by atoms with Crippen LogP contribution in [0.5, 0.6) is 0 Å². The van der Waals surface area contributed by atoms with Crippen molar-refractivity contribution in [3.8, 4) is 0 Å². The maximum absolute atomic E-state index is 12.2. The quantitative estimate of drug-likeness (QED) is 0.524. The average molecular weight is 413 g/mol. The van der Waals surface area contributed by atoms with Crippen LogP contribution in [0.1, 0.15) is 31.0 Å². The summed E-state index contributed by atoms with van der Waals surface area (Å²) in [5, 5.41) is 22.2. The lowest BCUT2D eigenvalue weighted by Gasteiger charge is -2.31. The molecule has 1 aliphatic rings. The zero-order valence-electron chi connectivity index (χ0n) is 17.3. The molecule has 30 heavy (non-hydrogen) atoms. The smallest absolute Gasteiger partial charge is 0.321 e. The SMILES string of the molecule is CC(C)[C@H](OCc1ccccc1)[C@H]1[C@H]([N+](=O)[O-])[C@H](c2cccnc2)N(C)[C@@H]1C(=O)O. The molecule has 1 aromatic heterocycles. The van der Waals surface area contributed by atoms with E-state index in [-0.39, 0.29) is 17.4 Å². The molecule has 3 rings (SSSR count). The summed E-state index contributed by atoms with van der Waals surface area (Å²) in [6, 6.07) is 10.1. The number of carboxylic acid groups (broad SMARTS) is 1. The molecule has 160 valence electrons. The van der Waals surface area contributed by atoms with Crippen molar-refractivity contribution >= 4 is 5.97 Å². The molecule has 1 N–H and O–H groups in total. The molecule has 1 aromatic carbocycles. The van der Waals surface area contributed by atoms with Gasteiger partial charge in [0.05, 0.1) is 18.6 Å². The third-order valence-corrected chi connectivity index (χ3v) is 5.80. The maximum Gasteiger partial charge on any atom is 0.321 e. The molecule has 0 saturated carbocycles. The number of aromatic nitrogens is 1. The van der Waals surface area contributed by atoms with Crippen LogP contribution in [-0.4, -0.2) is 51.1 Å². The molecule has 8 heteroatoms. The fourth-order valence-corrected chi connectivity index (χ4v) is 4.55. The molecule has 1 saturated heterocycles. The van der Waals surface area contributed by atoms with Gasteiger partial charge in [0.1, 0.15) is 12.1 Å². The van der Waals surface area contributed by atoms with Crippen LogP contribution in [0.15, 0.2) is 54.9 Å². The van der Waals surface area contributed by atoms with Crippen molar-refractivity contribution in [1.29, 1.82) is 0 Å². The molecule has 2 heterocycles. The van der Waals surface area contributed by atoms with Gasteiger partial charge < -0.3 is 9.84 Å². The van der Waals surface area contributed by atoms with E-state index in [9.17, 15) is 20.0 Å². The largest absolute Gasteiger partial charge is 0.480 e. The topological polar surface area (TPSA) is 106 Å². The van der Waals surface area contributed by atoms with Gasteiger partial charge in [0.15, 0.2) is 0 Å². The maximum atomic E-state index is 12.2. The first-order valence-corrected chi connectivity index (χ1v) is 9.96. The van der Waals surface area contributed by atoms with E-state index in [2.05, 4.69) is 4.98 Å². The summed E-state index contributed by atoms with van der Waals surface area (Å²) in [5.41, 5.74) is 1.56. The van der Waals surface area contributed by atoms with Gasteiger partial charge >= 0.3 is 5.97 Å². The van der Waals surface area contributed by atoms with E-state index in [0.717, 1.165) is 5.56 Å². The van der Waals surface area contributed by atoms with Gasteiger partial charge in [-0.25, -0.2) is 0 Å². The third-order valence-electron chi connectivity index (χ3n) is 5.80. The molecule has 0 radical (unpaired) electrons. The Balaban J connectivity index is 2.00. The van der Waals surface area contributed by atoms with Crippen molar-refractivity contribution in [2.45, 2.75) is 44.7 Å². The Labute approximate surface area is 175 Å². The second-order valence-corrected chi connectivity index (χ2v) is 8.04. The predicted molar refractivity (Wildman–Crippen MR) is 110 cm³/mol. The van der Waals surface area contributed by atoms with E-state index in [0.29, 0.717) is 5.56 Å². The van der Waals surface area contributed by atoms with E-state index in [4.69, 9.17) is 4.74 Å². The number of likely N-dealkylation sites (tertiary alicyclic amines) is 1. The van der Waals surface area contributed by atoms with Crippen LogP contribution in [0.4, 0.5) is 0 Å². The number of aliphatic carboxylic acids is 1. The molecule has 0 bridgehead atoms. The van der Waals surface area contributed by atoms with E-state index in [1.165, 1.54) is 0 Å². The molecule has 0 spiro atoms. The highest BCUT2D eigenvalue weighted by Crippen LogP contribution is 2.44. The van der Waals surface area contributed by atoms with Crippen LogP contribution in [0.3, 0.4) is 0 Å². The lowest BCUT2D eigenvalue weighted by atomic mass is 9.82. The van der Waals surface area contributed by atoms with Crippen molar-refractivity contribution in [2.75, 3.05) is 7.05 Å². The summed E-state index contributed by atoms with van der Waals surface area (Å²) in [6.07, 6.45) is 2.55. The summed E-state index contributed by atoms with van der Waals surface area (Å²) in [4.78, 5) is 29.8. The number of ether oxygens (including phenoxy) is 1. The van der Waals surface area contributed by atoms with Gasteiger partial charge in [-0.3, -0.25) is 24.8 Å². The summed E-state index contributed by atoms with van der Waals surface area (Å²) < 4.78 is 6.16. The molecule has 8 nitrogen and oxygen atoms in total. The Morgan fingerprint density at radius 3 is 2.50 bits per heavy atom. The zero-order valence-corrected chi connectivity index (χ0v) is 17.3. The highest BCUT2D eigenvalue weighted by molar-refractivity contribution is 5.75. The third kappa shape index (κ3) is 4.34. The van der Waals surface area contributed by atoms with Crippen LogP contribution in [0, 0.1) is 22.0 Å². The van der Waals surface area contributed by atoms with Crippen LogP contribution < -0.4 is 0 Å².